The molecule has 30 heavy (non-hydrogen) atoms. The highest BCUT2D eigenvalue weighted by Gasteiger charge is 2.21. The molecule has 6 heteroatoms. The molecule has 2 aromatic heterocycles. The molecule has 0 saturated carbocycles. The Morgan fingerprint density at radius 1 is 1.07 bits per heavy atom. The largest absolute Gasteiger partial charge is 0.283 e. The smallest absolute Gasteiger partial charge is 0.239 e. The van der Waals surface area contributed by atoms with Crippen molar-refractivity contribution in [2.75, 3.05) is 10.7 Å². The highest BCUT2D eigenvalue weighted by atomic mass is 32.2. The van der Waals surface area contributed by atoms with E-state index in [2.05, 4.69) is 31.0 Å². The molecule has 2 heterocycles. The fourth-order valence-corrected chi connectivity index (χ4v) is 5.20. The summed E-state index contributed by atoms with van der Waals surface area (Å²) in [6.45, 7) is 4.70. The number of carbonyl (C=O) groups is 1. The molecule has 0 bridgehead atoms. The molecule has 0 aliphatic heterocycles. The van der Waals surface area contributed by atoms with Crippen LogP contribution in [0.3, 0.4) is 0 Å². The van der Waals surface area contributed by atoms with E-state index >= 15 is 0 Å². The van der Waals surface area contributed by atoms with E-state index in [1.807, 2.05) is 53.6 Å². The van der Waals surface area contributed by atoms with E-state index < -0.39 is 0 Å². The number of amides is 1. The van der Waals surface area contributed by atoms with Crippen molar-refractivity contribution in [3.05, 3.63) is 89.2 Å². The fraction of sp³-hybridized carbons (Fsp3) is 0.208. The first-order valence-corrected chi connectivity index (χ1v) is 11.8. The number of fused-ring (bicyclic) bond motifs is 1. The fourth-order valence-electron chi connectivity index (χ4n) is 3.33. The van der Waals surface area contributed by atoms with Crippen LogP contribution >= 0.6 is 23.1 Å². The second-order valence-electron chi connectivity index (χ2n) is 7.25. The molecule has 0 atom stereocenters. The van der Waals surface area contributed by atoms with Gasteiger partial charge < -0.3 is 0 Å². The molecule has 0 radical (unpaired) electrons. The Morgan fingerprint density at radius 3 is 2.63 bits per heavy atom. The molecule has 0 fully saturated rings. The Labute approximate surface area is 185 Å². The first kappa shape index (κ1) is 20.6. The predicted molar refractivity (Wildman–Crippen MR) is 127 cm³/mol. The lowest BCUT2D eigenvalue weighted by Gasteiger charge is -2.20. The van der Waals surface area contributed by atoms with Gasteiger partial charge in [0.2, 0.25) is 5.91 Å². The summed E-state index contributed by atoms with van der Waals surface area (Å²) in [5.74, 6) is 1.23. The Morgan fingerprint density at radius 2 is 1.87 bits per heavy atom. The molecule has 152 valence electrons. The average Bonchev–Trinajstić information content (AvgIpc) is 3.17. The van der Waals surface area contributed by atoms with Gasteiger partial charge in [0, 0.05) is 18.1 Å². The minimum absolute atomic E-state index is 0.0705. The molecule has 4 aromatic rings. The van der Waals surface area contributed by atoms with Crippen LogP contribution in [0.5, 0.6) is 0 Å². The molecule has 4 rings (SSSR count). The average molecular weight is 434 g/mol. The minimum Gasteiger partial charge on any atom is -0.283 e. The van der Waals surface area contributed by atoms with E-state index in [1.54, 1.807) is 29.3 Å². The van der Waals surface area contributed by atoms with Crippen molar-refractivity contribution in [2.24, 2.45) is 0 Å². The highest BCUT2D eigenvalue weighted by Crippen LogP contribution is 2.33. The maximum Gasteiger partial charge on any atom is 0.239 e. The van der Waals surface area contributed by atoms with Gasteiger partial charge in [-0.15, -0.1) is 11.8 Å². The van der Waals surface area contributed by atoms with E-state index in [9.17, 15) is 4.79 Å². The number of hydrogen-bond donors (Lipinski definition) is 0. The predicted octanol–water partition coefficient (Wildman–Crippen LogP) is 5.77. The molecular formula is C24H23N3OS2. The van der Waals surface area contributed by atoms with Crippen LogP contribution in [0.25, 0.3) is 10.2 Å². The zero-order chi connectivity index (χ0) is 20.9. The number of rotatable bonds is 7. The first-order valence-electron chi connectivity index (χ1n) is 9.79. The summed E-state index contributed by atoms with van der Waals surface area (Å²) in [4.78, 5) is 24.0. The standard InChI is InChI=1S/C24H23N3OS2/c1-17-11-18(2)23-21(12-17)26-24(30-23)27(14-19-7-4-3-5-8-19)22(28)16-29-15-20-9-6-10-25-13-20/h3-13H,14-16H2,1-2H3. The summed E-state index contributed by atoms with van der Waals surface area (Å²) in [7, 11) is 0. The summed E-state index contributed by atoms with van der Waals surface area (Å²) in [6.07, 6.45) is 3.61. The zero-order valence-corrected chi connectivity index (χ0v) is 18.7. The van der Waals surface area contributed by atoms with E-state index in [-0.39, 0.29) is 5.91 Å². The van der Waals surface area contributed by atoms with E-state index in [1.165, 1.54) is 11.1 Å². The third kappa shape index (κ3) is 4.89. The Kier molecular flexibility index (Phi) is 6.45. The summed E-state index contributed by atoms with van der Waals surface area (Å²) >= 11 is 3.20. The van der Waals surface area contributed by atoms with Crippen molar-refractivity contribution in [3.63, 3.8) is 0 Å². The lowest BCUT2D eigenvalue weighted by atomic mass is 10.1. The maximum atomic E-state index is 13.2. The van der Waals surface area contributed by atoms with Crippen LogP contribution in [0.15, 0.2) is 67.0 Å². The van der Waals surface area contributed by atoms with Crippen molar-refractivity contribution in [2.45, 2.75) is 26.1 Å². The van der Waals surface area contributed by atoms with E-state index in [4.69, 9.17) is 4.98 Å². The third-order valence-corrected chi connectivity index (χ3v) is 6.96. The van der Waals surface area contributed by atoms with Crippen LogP contribution in [-0.2, 0) is 17.1 Å². The number of carbonyl (C=O) groups excluding carboxylic acids is 1. The quantitative estimate of drug-likeness (QED) is 0.371. The molecule has 0 unspecified atom stereocenters. The van der Waals surface area contributed by atoms with E-state index in [0.717, 1.165) is 32.2 Å². The zero-order valence-electron chi connectivity index (χ0n) is 17.0. The van der Waals surface area contributed by atoms with Gasteiger partial charge in [0.1, 0.15) is 0 Å². The Balaban J connectivity index is 1.57. The van der Waals surface area contributed by atoms with Gasteiger partial charge in [0.25, 0.3) is 0 Å². The molecule has 0 spiro atoms. The highest BCUT2D eigenvalue weighted by molar-refractivity contribution is 7.99. The second kappa shape index (κ2) is 9.41. The van der Waals surface area contributed by atoms with Crippen molar-refractivity contribution < 1.29 is 4.79 Å². The second-order valence-corrected chi connectivity index (χ2v) is 9.21. The number of anilines is 1. The van der Waals surface area contributed by atoms with Crippen LogP contribution in [0.1, 0.15) is 22.3 Å². The van der Waals surface area contributed by atoms with Crippen LogP contribution in [0, 0.1) is 13.8 Å². The summed E-state index contributed by atoms with van der Waals surface area (Å²) in [5, 5.41) is 0.759. The van der Waals surface area contributed by atoms with E-state index in [0.29, 0.717) is 12.3 Å². The van der Waals surface area contributed by atoms with Crippen molar-refractivity contribution >= 4 is 44.4 Å². The summed E-state index contributed by atoms with van der Waals surface area (Å²) < 4.78 is 1.14. The van der Waals surface area contributed by atoms with Gasteiger partial charge in [0.15, 0.2) is 5.13 Å². The maximum absolute atomic E-state index is 13.2. The van der Waals surface area contributed by atoms with Gasteiger partial charge in [-0.05, 0) is 48.2 Å². The van der Waals surface area contributed by atoms with Gasteiger partial charge in [-0.3, -0.25) is 14.7 Å². The minimum atomic E-state index is 0.0705. The van der Waals surface area contributed by atoms with Gasteiger partial charge in [0.05, 0.1) is 22.5 Å². The Hall–Kier alpha value is -2.70. The van der Waals surface area contributed by atoms with Crippen LogP contribution in [0.4, 0.5) is 5.13 Å². The lowest BCUT2D eigenvalue weighted by molar-refractivity contribution is -0.116. The van der Waals surface area contributed by atoms with Gasteiger partial charge in [-0.1, -0.05) is 53.8 Å². The molecule has 4 nitrogen and oxygen atoms in total. The number of aromatic nitrogens is 2. The normalized spacial score (nSPS) is 11.0. The van der Waals surface area contributed by atoms with Gasteiger partial charge in [-0.25, -0.2) is 4.98 Å². The molecule has 2 aromatic carbocycles. The molecule has 0 N–H and O–H groups in total. The number of aryl methyl sites for hydroxylation is 2. The van der Waals surface area contributed by atoms with Crippen LogP contribution in [0.2, 0.25) is 0 Å². The van der Waals surface area contributed by atoms with Crippen LogP contribution < -0.4 is 4.90 Å². The first-order chi connectivity index (χ1) is 14.6. The Bertz CT molecular complexity index is 1140. The van der Waals surface area contributed by atoms with Crippen molar-refractivity contribution in [1.29, 1.82) is 0 Å². The monoisotopic (exact) mass is 433 g/mol. The summed E-state index contributed by atoms with van der Waals surface area (Å²) in [5.41, 5.74) is 5.56. The van der Waals surface area contributed by atoms with Crippen LogP contribution in [-0.4, -0.2) is 21.6 Å². The molecular weight excluding hydrogens is 410 g/mol. The number of benzene rings is 2. The topological polar surface area (TPSA) is 46.1 Å². The molecule has 0 aliphatic rings. The van der Waals surface area contributed by atoms with Crippen molar-refractivity contribution in [1.82, 2.24) is 9.97 Å². The number of thioether (sulfide) groups is 1. The number of thiazole rings is 1. The number of hydrogen-bond acceptors (Lipinski definition) is 5. The molecule has 0 aliphatic carbocycles. The molecule has 0 saturated heterocycles. The summed E-state index contributed by atoms with van der Waals surface area (Å²) in [6, 6.07) is 18.3. The SMILES string of the molecule is Cc1cc(C)c2sc(N(Cc3ccccc3)C(=O)CSCc3cccnc3)nc2c1. The number of pyridine rings is 1. The lowest BCUT2D eigenvalue weighted by Crippen LogP contribution is -2.31. The third-order valence-electron chi connectivity index (χ3n) is 4.74. The van der Waals surface area contributed by atoms with Crippen molar-refractivity contribution in [3.8, 4) is 0 Å². The number of nitrogens with zero attached hydrogens (tertiary/aromatic N) is 3. The molecule has 1 amide bonds. The van der Waals surface area contributed by atoms with Gasteiger partial charge >= 0.3 is 0 Å². The van der Waals surface area contributed by atoms with Gasteiger partial charge in [-0.2, -0.15) is 0 Å².